The van der Waals surface area contributed by atoms with Gasteiger partial charge in [0.15, 0.2) is 0 Å². The Morgan fingerprint density at radius 3 is 2.82 bits per heavy atom. The third-order valence-corrected chi connectivity index (χ3v) is 5.52. The first-order chi connectivity index (χ1) is 8.08. The van der Waals surface area contributed by atoms with Gasteiger partial charge in [-0.3, -0.25) is 0 Å². The van der Waals surface area contributed by atoms with Crippen molar-refractivity contribution in [3.8, 4) is 0 Å². The predicted molar refractivity (Wildman–Crippen MR) is 76.4 cm³/mol. The van der Waals surface area contributed by atoms with E-state index in [1.54, 1.807) is 0 Å². The predicted octanol–water partition coefficient (Wildman–Crippen LogP) is 3.74. The Bertz CT molecular complexity index is 397. The molecule has 0 aliphatic carbocycles. The standard InChI is InChI=1S/C13H18BrNOS/c1-8(15)10-3-4-13(11(14)7-10)17-12-5-6-16-9(12)2/h3-4,7-9,12H,5-6,15H2,1-2H3/t8-,9?,12?/m1/s1. The topological polar surface area (TPSA) is 35.2 Å². The van der Waals surface area contributed by atoms with Gasteiger partial charge in [0, 0.05) is 27.3 Å². The molecular formula is C13H18BrNOS. The molecule has 2 nitrogen and oxygen atoms in total. The van der Waals surface area contributed by atoms with Gasteiger partial charge in [-0.1, -0.05) is 6.07 Å². The average Bonchev–Trinajstić information content (AvgIpc) is 2.67. The Labute approximate surface area is 115 Å². The van der Waals surface area contributed by atoms with E-state index in [1.165, 1.54) is 4.90 Å². The molecule has 2 N–H and O–H groups in total. The van der Waals surface area contributed by atoms with Gasteiger partial charge in [-0.2, -0.15) is 0 Å². The zero-order chi connectivity index (χ0) is 12.4. The monoisotopic (exact) mass is 315 g/mol. The second-order valence-electron chi connectivity index (χ2n) is 4.50. The summed E-state index contributed by atoms with van der Waals surface area (Å²) in [6, 6.07) is 6.46. The van der Waals surface area contributed by atoms with Crippen LogP contribution in [0.15, 0.2) is 27.6 Å². The van der Waals surface area contributed by atoms with Crippen molar-refractivity contribution in [1.29, 1.82) is 0 Å². The molecule has 1 aromatic rings. The van der Waals surface area contributed by atoms with Crippen LogP contribution in [0.2, 0.25) is 0 Å². The first kappa shape index (κ1) is 13.4. The van der Waals surface area contributed by atoms with Gasteiger partial charge < -0.3 is 10.5 Å². The zero-order valence-electron chi connectivity index (χ0n) is 10.2. The number of thioether (sulfide) groups is 1. The molecule has 1 aliphatic rings. The van der Waals surface area contributed by atoms with Crippen molar-refractivity contribution in [2.75, 3.05) is 6.61 Å². The van der Waals surface area contributed by atoms with Crippen LogP contribution >= 0.6 is 27.7 Å². The van der Waals surface area contributed by atoms with E-state index >= 15 is 0 Å². The largest absolute Gasteiger partial charge is 0.377 e. The van der Waals surface area contributed by atoms with Crippen LogP contribution in [0.4, 0.5) is 0 Å². The lowest BCUT2D eigenvalue weighted by Crippen LogP contribution is -2.13. The highest BCUT2D eigenvalue weighted by atomic mass is 79.9. The average molecular weight is 316 g/mol. The molecule has 17 heavy (non-hydrogen) atoms. The number of nitrogens with two attached hydrogens (primary N) is 1. The van der Waals surface area contributed by atoms with Crippen LogP contribution in [0, 0.1) is 0 Å². The highest BCUT2D eigenvalue weighted by Crippen LogP contribution is 2.37. The number of ether oxygens (including phenoxy) is 1. The van der Waals surface area contributed by atoms with Gasteiger partial charge in [0.1, 0.15) is 0 Å². The van der Waals surface area contributed by atoms with E-state index in [0.717, 1.165) is 23.1 Å². The summed E-state index contributed by atoms with van der Waals surface area (Å²) < 4.78 is 6.72. The molecular weight excluding hydrogens is 298 g/mol. The van der Waals surface area contributed by atoms with E-state index in [0.29, 0.717) is 11.4 Å². The van der Waals surface area contributed by atoms with Crippen LogP contribution in [0.25, 0.3) is 0 Å². The summed E-state index contributed by atoms with van der Waals surface area (Å²) in [4.78, 5) is 1.27. The molecule has 4 heteroatoms. The molecule has 3 atom stereocenters. The molecule has 0 spiro atoms. The van der Waals surface area contributed by atoms with Gasteiger partial charge in [0.2, 0.25) is 0 Å². The number of benzene rings is 1. The maximum atomic E-state index is 5.87. The molecule has 1 heterocycles. The smallest absolute Gasteiger partial charge is 0.0669 e. The minimum Gasteiger partial charge on any atom is -0.377 e. The maximum absolute atomic E-state index is 5.87. The number of halogens is 1. The van der Waals surface area contributed by atoms with E-state index in [2.05, 4.69) is 41.1 Å². The van der Waals surface area contributed by atoms with Crippen molar-refractivity contribution < 1.29 is 4.74 Å². The van der Waals surface area contributed by atoms with Crippen molar-refractivity contribution in [3.63, 3.8) is 0 Å². The summed E-state index contributed by atoms with van der Waals surface area (Å²) in [5.41, 5.74) is 7.03. The van der Waals surface area contributed by atoms with E-state index in [1.807, 2.05) is 18.7 Å². The highest BCUT2D eigenvalue weighted by molar-refractivity contribution is 9.10. The molecule has 2 unspecified atom stereocenters. The molecule has 0 saturated carbocycles. The lowest BCUT2D eigenvalue weighted by Gasteiger charge is -2.15. The van der Waals surface area contributed by atoms with Gasteiger partial charge in [0.25, 0.3) is 0 Å². The van der Waals surface area contributed by atoms with E-state index < -0.39 is 0 Å². The summed E-state index contributed by atoms with van der Waals surface area (Å²) in [6.45, 7) is 5.03. The third kappa shape index (κ3) is 3.25. The third-order valence-electron chi connectivity index (χ3n) is 3.07. The Balaban J connectivity index is 2.11. The SMILES string of the molecule is CC1OCCC1Sc1ccc([C@@H](C)N)cc1Br. The van der Waals surface area contributed by atoms with Gasteiger partial charge in [-0.25, -0.2) is 0 Å². The number of hydrogen-bond donors (Lipinski definition) is 1. The highest BCUT2D eigenvalue weighted by Gasteiger charge is 2.25. The van der Waals surface area contributed by atoms with Crippen molar-refractivity contribution in [2.24, 2.45) is 5.73 Å². The molecule has 94 valence electrons. The minimum atomic E-state index is 0.0825. The molecule has 1 aromatic carbocycles. The van der Waals surface area contributed by atoms with Gasteiger partial charge >= 0.3 is 0 Å². The number of rotatable bonds is 3. The second kappa shape index (κ2) is 5.74. The first-order valence-electron chi connectivity index (χ1n) is 5.91. The second-order valence-corrected chi connectivity index (χ2v) is 6.63. The summed E-state index contributed by atoms with van der Waals surface area (Å²) >= 11 is 5.52. The fraction of sp³-hybridized carbons (Fsp3) is 0.538. The van der Waals surface area contributed by atoms with E-state index in [-0.39, 0.29) is 6.04 Å². The van der Waals surface area contributed by atoms with Crippen LogP contribution in [0.5, 0.6) is 0 Å². The molecule has 0 bridgehead atoms. The Kier molecular flexibility index (Phi) is 4.53. The van der Waals surface area contributed by atoms with Crippen molar-refractivity contribution in [3.05, 3.63) is 28.2 Å². The van der Waals surface area contributed by atoms with Crippen molar-refractivity contribution in [1.82, 2.24) is 0 Å². The van der Waals surface area contributed by atoms with Crippen molar-refractivity contribution >= 4 is 27.7 Å². The lowest BCUT2D eigenvalue weighted by molar-refractivity contribution is 0.127. The number of hydrogen-bond acceptors (Lipinski definition) is 3. The Morgan fingerprint density at radius 2 is 2.29 bits per heavy atom. The Hall–Kier alpha value is -0.0300. The van der Waals surface area contributed by atoms with Gasteiger partial charge in [-0.05, 0) is 53.9 Å². The summed E-state index contributed by atoms with van der Waals surface area (Å²) in [5.74, 6) is 0. The quantitative estimate of drug-likeness (QED) is 0.923. The fourth-order valence-electron chi connectivity index (χ4n) is 1.93. The zero-order valence-corrected chi connectivity index (χ0v) is 12.6. The minimum absolute atomic E-state index is 0.0825. The summed E-state index contributed by atoms with van der Waals surface area (Å²) in [7, 11) is 0. The molecule has 0 aromatic heterocycles. The van der Waals surface area contributed by atoms with Crippen molar-refractivity contribution in [2.45, 2.75) is 42.6 Å². The van der Waals surface area contributed by atoms with Crippen LogP contribution in [0.3, 0.4) is 0 Å². The van der Waals surface area contributed by atoms with Crippen LogP contribution in [0.1, 0.15) is 31.9 Å². The molecule has 1 aliphatic heterocycles. The first-order valence-corrected chi connectivity index (χ1v) is 7.58. The van der Waals surface area contributed by atoms with Gasteiger partial charge in [-0.15, -0.1) is 11.8 Å². The molecule has 1 fully saturated rings. The fourth-order valence-corrected chi connectivity index (χ4v) is 3.73. The molecule has 0 amide bonds. The van der Waals surface area contributed by atoms with Gasteiger partial charge in [0.05, 0.1) is 6.10 Å². The van der Waals surface area contributed by atoms with E-state index in [4.69, 9.17) is 10.5 Å². The normalized spacial score (nSPS) is 26.1. The van der Waals surface area contributed by atoms with Crippen LogP contribution in [-0.4, -0.2) is 18.0 Å². The molecule has 2 rings (SSSR count). The molecule has 0 radical (unpaired) electrons. The lowest BCUT2D eigenvalue weighted by atomic mass is 10.1. The maximum Gasteiger partial charge on any atom is 0.0669 e. The van der Waals surface area contributed by atoms with Crippen LogP contribution in [-0.2, 0) is 4.74 Å². The summed E-state index contributed by atoms with van der Waals surface area (Å²) in [6.07, 6.45) is 1.48. The summed E-state index contributed by atoms with van der Waals surface area (Å²) in [5, 5.41) is 0.562. The molecule has 1 saturated heterocycles. The van der Waals surface area contributed by atoms with E-state index in [9.17, 15) is 0 Å². The Morgan fingerprint density at radius 1 is 1.53 bits per heavy atom. The van der Waals surface area contributed by atoms with Crippen LogP contribution < -0.4 is 5.73 Å².